The largest absolute Gasteiger partial charge is 0.482 e. The maximum Gasteiger partial charge on any atom is 0.307 e. The summed E-state index contributed by atoms with van der Waals surface area (Å²) in [6.07, 6.45) is -3.56. The molecule has 0 bridgehead atoms. The molecule has 7 unspecified atom stereocenters. The number of benzene rings is 9. The number of carbonyl (C=O) groups excluding carboxylic acids is 9. The molecule has 0 saturated carbocycles. The number of hydrogen-bond donors (Lipinski definition) is 1. The van der Waals surface area contributed by atoms with Crippen LogP contribution in [0.4, 0.5) is 0 Å². The van der Waals surface area contributed by atoms with Gasteiger partial charge in [-0.15, -0.1) is 0 Å². The molecule has 8 aliphatic heterocycles. The molecule has 538 valence electrons. The van der Waals surface area contributed by atoms with E-state index in [0.29, 0.717) is 83.5 Å². The van der Waals surface area contributed by atoms with Crippen LogP contribution in [0.5, 0.6) is 46.0 Å². The normalized spacial score (nSPS) is 19.4. The summed E-state index contributed by atoms with van der Waals surface area (Å²) in [4.78, 5) is 115. The molecule has 0 saturated heterocycles. The van der Waals surface area contributed by atoms with Crippen LogP contribution in [0.15, 0.2) is 188 Å². The second-order valence-electron chi connectivity index (χ2n) is 25.6. The molecule has 1 N–H and O–H groups in total. The molecule has 8 heterocycles. The number of ketones is 9. The topological polar surface area (TPSA) is 265 Å². The Balaban J connectivity index is 0.000000129. The van der Waals surface area contributed by atoms with Crippen molar-refractivity contribution in [1.29, 1.82) is 0 Å². The van der Waals surface area contributed by atoms with Gasteiger partial charge in [0.2, 0.25) is 63.2 Å². The Morgan fingerprint density at radius 3 is 1.32 bits per heavy atom. The lowest BCUT2D eigenvalue weighted by atomic mass is 10.0. The van der Waals surface area contributed by atoms with Crippen molar-refractivity contribution >= 4 is 97.2 Å². The highest BCUT2D eigenvalue weighted by Gasteiger charge is 2.41. The zero-order valence-corrected chi connectivity index (χ0v) is 61.7. The van der Waals surface area contributed by atoms with E-state index in [2.05, 4.69) is 15.9 Å². The third kappa shape index (κ3) is 17.6. The molecular formula is C83H71BrCl2O19. The molecule has 0 amide bonds. The van der Waals surface area contributed by atoms with E-state index in [-0.39, 0.29) is 82.9 Å². The molecule has 9 aromatic carbocycles. The van der Waals surface area contributed by atoms with Gasteiger partial charge in [-0.3, -0.25) is 47.9 Å². The lowest BCUT2D eigenvalue weighted by Gasteiger charge is -2.14. The molecule has 0 radical (unpaired) electrons. The molecule has 105 heavy (non-hydrogen) atoms. The van der Waals surface area contributed by atoms with Gasteiger partial charge in [0.05, 0.1) is 50.9 Å². The van der Waals surface area contributed by atoms with E-state index in [0.717, 1.165) is 44.9 Å². The number of halogens is 3. The summed E-state index contributed by atoms with van der Waals surface area (Å²) < 4.78 is 42.6. The van der Waals surface area contributed by atoms with Gasteiger partial charge in [-0.1, -0.05) is 119 Å². The third-order valence-corrected chi connectivity index (χ3v) is 18.1. The lowest BCUT2D eigenvalue weighted by molar-refractivity contribution is -0.138. The first kappa shape index (κ1) is 76.6. The summed E-state index contributed by atoms with van der Waals surface area (Å²) in [7, 11) is 0. The Morgan fingerprint density at radius 2 is 0.800 bits per heavy atom. The maximum absolute atomic E-state index is 12.2. The molecule has 0 aromatic heterocycles. The first-order valence-corrected chi connectivity index (χ1v) is 34.9. The quantitative estimate of drug-likeness (QED) is 0.0974. The molecule has 0 spiro atoms. The standard InChI is InChI=1S/C15H10O3.C11H12O2.C10H7ClO4.2C10H10O2.C9H7BrO2.C9H7ClO2.C9H8O2/c16-13(10-6-2-1-3-7-10)15-14(17)11-8-4-5-9-12(11)18-15;1-6-4-7(2)11-9(5-6)10(12)8(3)13-11;11-5-1-2-7-6(3-5)10(14)8(15-7)4-9(12)13;1-6-3-4-9-8(5-6)10(11)7(2)12-9;1-10(2)9(11)7-5-3-4-6-8(7)12-10;1-5-2-3-7-6(4-5)8(11)9(10)12-7;1-5-9(11)7-4-6(10)2-3-8(7)12-5;1-6-9(10)7-4-2-3-5-8(7)11-6/h1-9,15H;4-5,8H,1-3H3;1-3,8H,4H2,(H,12,13);3-5,7H,1-2H3;3-6H,1-2H3;2-4,9H,1H3;2-5H,1H3;2-6H,1H3. The number of carbonyl (C=O) groups is 10. The van der Waals surface area contributed by atoms with E-state index >= 15 is 0 Å². The van der Waals surface area contributed by atoms with Crippen LogP contribution in [0, 0.1) is 27.7 Å². The predicted octanol–water partition coefficient (Wildman–Crippen LogP) is 16.8. The molecule has 0 aliphatic carbocycles. The van der Waals surface area contributed by atoms with E-state index in [1.807, 2.05) is 119 Å². The van der Waals surface area contributed by atoms with Crippen LogP contribution in [0.2, 0.25) is 10.0 Å². The fraction of sp³-hybridized carbons (Fsp3) is 0.229. The fourth-order valence-corrected chi connectivity index (χ4v) is 12.5. The Bertz CT molecular complexity index is 4780. The SMILES string of the molecule is CC1(C)Oc2ccccc2C1=O.CC1Oc2ccc(Cl)cc2C1=O.CC1Oc2ccccc2C1=O.Cc1cc(C)c2c(c1)C(=O)C(C)O2.Cc1ccc2c(c1)C(=O)C(Br)O2.Cc1ccc2c(c1)C(=O)C(C)O2.O=C(O)CC1Oc2ccc(Cl)cc2C1=O.O=C(c1ccccc1)C1Oc2ccccc2C1=O. The molecule has 0 fully saturated rings. The van der Waals surface area contributed by atoms with Crippen molar-refractivity contribution < 1.29 is 90.9 Å². The van der Waals surface area contributed by atoms with Gasteiger partial charge in [0.25, 0.3) is 0 Å². The van der Waals surface area contributed by atoms with Crippen LogP contribution >= 0.6 is 39.1 Å². The summed E-state index contributed by atoms with van der Waals surface area (Å²) >= 11 is 14.6. The molecule has 17 rings (SSSR count). The minimum atomic E-state index is -1.06. The fourth-order valence-electron chi connectivity index (χ4n) is 11.7. The number of alkyl halides is 1. The van der Waals surface area contributed by atoms with Gasteiger partial charge in [-0.05, 0) is 199 Å². The zero-order chi connectivity index (χ0) is 75.9. The monoisotopic (exact) mass is 1520 g/mol. The Labute approximate surface area is 623 Å². The predicted molar refractivity (Wildman–Crippen MR) is 395 cm³/mol. The van der Waals surface area contributed by atoms with Crippen molar-refractivity contribution in [3.05, 3.63) is 270 Å². The third-order valence-electron chi connectivity index (χ3n) is 17.1. The van der Waals surface area contributed by atoms with Gasteiger partial charge >= 0.3 is 5.97 Å². The summed E-state index contributed by atoms with van der Waals surface area (Å²) in [5, 5.41) is 9.08. The first-order valence-electron chi connectivity index (χ1n) is 33.2. The Hall–Kier alpha value is -11.1. The minimum Gasteiger partial charge on any atom is -0.482 e. The Kier molecular flexibility index (Phi) is 23.9. The highest BCUT2D eigenvalue weighted by atomic mass is 79.9. The molecule has 9 aromatic rings. The average Bonchev–Trinajstić information content (AvgIpc) is 1.59. The van der Waals surface area contributed by atoms with Gasteiger partial charge < -0.3 is 43.0 Å². The summed E-state index contributed by atoms with van der Waals surface area (Å²) in [5.41, 5.74) is 9.12. The van der Waals surface area contributed by atoms with E-state index in [1.165, 1.54) is 6.07 Å². The average molecular weight is 1520 g/mol. The second-order valence-corrected chi connectivity index (χ2v) is 27.3. The zero-order valence-electron chi connectivity index (χ0n) is 58.6. The van der Waals surface area contributed by atoms with Crippen LogP contribution in [0.3, 0.4) is 0 Å². The molecule has 22 heteroatoms. The van der Waals surface area contributed by atoms with E-state index in [1.54, 1.807) is 133 Å². The van der Waals surface area contributed by atoms with Crippen molar-refractivity contribution in [2.24, 2.45) is 0 Å². The number of aryl methyl sites for hydroxylation is 4. The number of carboxylic acid groups (broad SMARTS) is 1. The number of hydrogen-bond acceptors (Lipinski definition) is 18. The minimum absolute atomic E-state index is 0.00694. The van der Waals surface area contributed by atoms with Crippen LogP contribution < -0.4 is 37.9 Å². The van der Waals surface area contributed by atoms with Gasteiger partial charge in [-0.25, -0.2) is 0 Å². The number of para-hydroxylation sites is 3. The van der Waals surface area contributed by atoms with Crippen molar-refractivity contribution in [2.75, 3.05) is 0 Å². The number of fused-ring (bicyclic) bond motifs is 8. The molecular weight excluding hydrogens is 1450 g/mol. The number of aliphatic carboxylic acids is 1. The number of Topliss-reactive ketones (excluding diaryl/α,β-unsaturated/α-hetero) is 9. The van der Waals surface area contributed by atoms with Gasteiger partial charge in [0, 0.05) is 15.6 Å². The second kappa shape index (κ2) is 32.7. The smallest absolute Gasteiger partial charge is 0.307 e. The van der Waals surface area contributed by atoms with Crippen molar-refractivity contribution in [3.63, 3.8) is 0 Å². The maximum atomic E-state index is 12.2. The van der Waals surface area contributed by atoms with Gasteiger partial charge in [-0.2, -0.15) is 0 Å². The van der Waals surface area contributed by atoms with Crippen molar-refractivity contribution in [3.8, 4) is 46.0 Å². The van der Waals surface area contributed by atoms with Crippen LogP contribution in [-0.4, -0.2) is 110 Å². The van der Waals surface area contributed by atoms with Gasteiger partial charge in [0.1, 0.15) is 46.0 Å². The van der Waals surface area contributed by atoms with E-state index in [9.17, 15) is 47.9 Å². The van der Waals surface area contributed by atoms with Crippen LogP contribution in [0.1, 0.15) is 163 Å². The summed E-state index contributed by atoms with van der Waals surface area (Å²) in [5.74, 6) is 3.50. The van der Waals surface area contributed by atoms with E-state index in [4.69, 9.17) is 66.2 Å². The summed E-state index contributed by atoms with van der Waals surface area (Å²) in [6, 6.07) is 55.2. The van der Waals surface area contributed by atoms with Crippen molar-refractivity contribution in [2.45, 2.75) is 123 Å². The van der Waals surface area contributed by atoms with Crippen LogP contribution in [0.25, 0.3) is 0 Å². The number of carboxylic acids is 1. The lowest BCUT2D eigenvalue weighted by Crippen LogP contribution is -2.31. The molecule has 8 aliphatic rings. The highest BCUT2D eigenvalue weighted by molar-refractivity contribution is 9.09. The summed E-state index contributed by atoms with van der Waals surface area (Å²) in [6.45, 7) is 18.5. The highest BCUT2D eigenvalue weighted by Crippen LogP contribution is 2.38. The van der Waals surface area contributed by atoms with Crippen molar-refractivity contribution in [1.82, 2.24) is 0 Å². The van der Waals surface area contributed by atoms with Gasteiger partial charge in [0.15, 0.2) is 36.1 Å². The first-order chi connectivity index (χ1) is 49.9. The van der Waals surface area contributed by atoms with Crippen LogP contribution in [-0.2, 0) is 4.79 Å². The van der Waals surface area contributed by atoms with E-state index < -0.39 is 28.8 Å². The number of rotatable bonds is 4. The number of ether oxygens (including phenoxy) is 8. The molecule has 7 atom stereocenters. The molecule has 19 nitrogen and oxygen atoms in total. The Morgan fingerprint density at radius 1 is 0.400 bits per heavy atom.